The molecule has 228 valence electrons. The van der Waals surface area contributed by atoms with Crippen molar-refractivity contribution >= 4 is 65.5 Å². The molecule has 1 atom stereocenters. The number of allylic oxidation sites excluding steroid dienone is 2. The number of hydrogen-bond donors (Lipinski definition) is 4. The predicted molar refractivity (Wildman–Crippen MR) is 189 cm³/mol. The fraction of sp³-hybridized carbons (Fsp3) is 0.294. The van der Waals surface area contributed by atoms with Gasteiger partial charge in [0.2, 0.25) is 0 Å². The summed E-state index contributed by atoms with van der Waals surface area (Å²) >= 11 is -2.93. The second kappa shape index (κ2) is 16.2. The van der Waals surface area contributed by atoms with E-state index in [2.05, 4.69) is 73.0 Å². The van der Waals surface area contributed by atoms with Gasteiger partial charge in [-0.05, 0) is 0 Å². The van der Waals surface area contributed by atoms with Crippen molar-refractivity contribution in [2.24, 2.45) is 0 Å². The van der Waals surface area contributed by atoms with E-state index < -0.39 is 58.5 Å². The van der Waals surface area contributed by atoms with Crippen LogP contribution in [0, 0.1) is 14.1 Å². The molecule has 0 aromatic heterocycles. The molecule has 0 saturated carbocycles. The summed E-state index contributed by atoms with van der Waals surface area (Å²) < 4.78 is 4.24. The molecule has 9 heteroatoms. The molecule has 0 radical (unpaired) electrons. The molecule has 3 aromatic rings. The Morgan fingerprint density at radius 1 is 0.977 bits per heavy atom. The van der Waals surface area contributed by atoms with Crippen molar-refractivity contribution in [2.75, 3.05) is 6.54 Å². The van der Waals surface area contributed by atoms with Crippen LogP contribution in [0.25, 0.3) is 5.57 Å². The van der Waals surface area contributed by atoms with Crippen LogP contribution in [0.4, 0.5) is 4.79 Å². The molecule has 4 N–H and O–H groups in total. The molecular weight excluding hydrogens is 770 g/mol. The molecule has 3 aromatic carbocycles. The average Bonchev–Trinajstić information content (AvgIpc) is 3.03. The summed E-state index contributed by atoms with van der Waals surface area (Å²) in [7, 11) is 0. The van der Waals surface area contributed by atoms with Crippen molar-refractivity contribution < 1.29 is 24.6 Å². The summed E-state index contributed by atoms with van der Waals surface area (Å²) in [6.45, 7) is 3.84. The zero-order valence-corrected chi connectivity index (χ0v) is 28.7. The summed E-state index contributed by atoms with van der Waals surface area (Å²) in [5.74, 6) is -1.85. The van der Waals surface area contributed by atoms with Gasteiger partial charge in [-0.15, -0.1) is 0 Å². The van der Waals surface area contributed by atoms with Crippen molar-refractivity contribution in [3.05, 3.63) is 108 Å². The Bertz CT molecular complexity index is 1500. The van der Waals surface area contributed by atoms with Crippen LogP contribution in [0.1, 0.15) is 66.1 Å². The molecule has 1 aliphatic rings. The van der Waals surface area contributed by atoms with E-state index in [1.165, 1.54) is 33.1 Å². The quantitative estimate of drug-likeness (QED) is 0.0676. The van der Waals surface area contributed by atoms with E-state index in [1.54, 1.807) is 12.1 Å². The fourth-order valence-electron chi connectivity index (χ4n) is 4.55. The number of alkyl halides is 1. The molecule has 1 aliphatic carbocycles. The summed E-state index contributed by atoms with van der Waals surface area (Å²) in [5, 5.41) is 24.1. The molecule has 4 rings (SSSR count). The van der Waals surface area contributed by atoms with Crippen LogP contribution in [0.2, 0.25) is 0 Å². The van der Waals surface area contributed by atoms with E-state index in [4.69, 9.17) is 5.11 Å². The van der Waals surface area contributed by atoms with E-state index in [9.17, 15) is 19.5 Å². The number of rotatable bonds is 12. The van der Waals surface area contributed by atoms with Crippen LogP contribution in [0.15, 0.2) is 78.9 Å². The third-order valence-electron chi connectivity index (χ3n) is 7.06. The van der Waals surface area contributed by atoms with E-state index in [0.29, 0.717) is 9.99 Å². The third-order valence-corrected chi connectivity index (χ3v) is 15.9. The molecule has 0 saturated heterocycles. The van der Waals surface area contributed by atoms with Gasteiger partial charge in [0.15, 0.2) is 0 Å². The zero-order valence-electron chi connectivity index (χ0n) is 24.4. The van der Waals surface area contributed by atoms with Crippen molar-refractivity contribution in [3.63, 3.8) is 0 Å². The number of aliphatic hydroxyl groups excluding tert-OH is 1. The van der Waals surface area contributed by atoms with Crippen LogP contribution in [0.5, 0.6) is 0 Å². The van der Waals surface area contributed by atoms with Crippen molar-refractivity contribution in [1.82, 2.24) is 10.6 Å². The number of carbonyl (C=O) groups is 3. The molecule has 0 unspecified atom stereocenters. The summed E-state index contributed by atoms with van der Waals surface area (Å²) in [6, 6.07) is 24.0. The molecule has 2 amide bonds. The van der Waals surface area contributed by atoms with Crippen LogP contribution in [-0.2, 0) is 9.22 Å². The monoisotopic (exact) mass is 808 g/mol. The minimum atomic E-state index is -2.45. The molecular formula is C34H38I2N2O5. The number of benzene rings is 3. The molecule has 0 fully saturated rings. The fourth-order valence-corrected chi connectivity index (χ4v) is 12.1. The summed E-state index contributed by atoms with van der Waals surface area (Å²) in [5.41, 5.74) is 5.19. The third kappa shape index (κ3) is 9.54. The number of aryl methyl sites for hydroxylation is 1. The van der Waals surface area contributed by atoms with Crippen LogP contribution < -0.4 is 10.6 Å². The Balaban J connectivity index is 1.56. The van der Waals surface area contributed by atoms with Crippen LogP contribution in [0.3, 0.4) is 0 Å². The van der Waals surface area contributed by atoms with Crippen LogP contribution in [-0.4, -0.2) is 42.3 Å². The van der Waals surface area contributed by atoms with E-state index >= 15 is 0 Å². The van der Waals surface area contributed by atoms with Crippen LogP contribution >= 0.6 is 40.6 Å². The minimum absolute atomic E-state index is 0.114. The van der Waals surface area contributed by atoms with Gasteiger partial charge in [-0.1, -0.05) is 0 Å². The molecule has 0 bridgehead atoms. The number of nitrogens with one attached hydrogen (secondary N) is 2. The van der Waals surface area contributed by atoms with Gasteiger partial charge < -0.3 is 0 Å². The summed E-state index contributed by atoms with van der Waals surface area (Å²) in [6.07, 6.45) is 6.13. The molecule has 7 nitrogen and oxygen atoms in total. The average molecular weight is 808 g/mol. The first-order valence-corrected chi connectivity index (χ1v) is 20.2. The SMILES string of the molecule is CCC(NC(=O)I(Cc1ccc(C(=O)NC[C@@H](O)C(=O)O)cc1)c1ccc(C2=CCCCC2)cc1)=Ic1ccccc1C. The topological polar surface area (TPSA) is 116 Å². The normalized spacial score (nSPS) is 14.5. The Morgan fingerprint density at radius 2 is 1.70 bits per heavy atom. The first-order valence-electron chi connectivity index (χ1n) is 14.4. The van der Waals surface area contributed by atoms with Gasteiger partial charge in [0.05, 0.1) is 0 Å². The molecule has 0 spiro atoms. The maximum atomic E-state index is 14.0. The second-order valence-corrected chi connectivity index (χ2v) is 18.3. The van der Waals surface area contributed by atoms with Crippen molar-refractivity contribution in [3.8, 4) is 0 Å². The Morgan fingerprint density at radius 3 is 2.33 bits per heavy atom. The summed E-state index contributed by atoms with van der Waals surface area (Å²) in [4.78, 5) is 37.2. The van der Waals surface area contributed by atoms with E-state index in [1.807, 2.05) is 18.2 Å². The number of halogens is 2. The van der Waals surface area contributed by atoms with E-state index in [0.717, 1.165) is 32.0 Å². The predicted octanol–water partition coefficient (Wildman–Crippen LogP) is 7.09. The van der Waals surface area contributed by atoms with Gasteiger partial charge in [0.25, 0.3) is 0 Å². The number of carboxylic acid groups (broad SMARTS) is 1. The molecule has 43 heavy (non-hydrogen) atoms. The Kier molecular flexibility index (Phi) is 12.5. The van der Waals surface area contributed by atoms with Gasteiger partial charge >= 0.3 is 272 Å². The standard InChI is InChI=1S/C34H38I2N2O5/c1-3-31(35-29-12-8-7-9-23(29)2)38-34(43)36(28-19-17-26(18-20-28)25-10-5-4-6-11-25)21-24-13-15-27(16-14-24)32(40)37-22-30(39)33(41)42/h7-10,12-20,30,39H,3-6,11,21-22H2,1-2H3,(H,37,40)(H,38,43)(H,41,42)/t30-/m1/s1. The number of carboxylic acids is 1. The maximum absolute atomic E-state index is 14.0. The van der Waals surface area contributed by atoms with Gasteiger partial charge in [-0.2, -0.15) is 0 Å². The zero-order chi connectivity index (χ0) is 30.8. The van der Waals surface area contributed by atoms with Crippen molar-refractivity contribution in [2.45, 2.75) is 56.5 Å². The van der Waals surface area contributed by atoms with E-state index in [-0.39, 0.29) is 10.5 Å². The number of aliphatic hydroxyl groups is 1. The van der Waals surface area contributed by atoms with Crippen molar-refractivity contribution in [1.29, 1.82) is 0 Å². The molecule has 0 aliphatic heterocycles. The number of amides is 2. The number of aliphatic carboxylic acids is 1. The Labute approximate surface area is 270 Å². The first-order chi connectivity index (χ1) is 20.7. The Hall–Kier alpha value is -2.90. The van der Waals surface area contributed by atoms with Gasteiger partial charge in [-0.3, -0.25) is 0 Å². The first kappa shape index (κ1) is 33.0. The number of carbonyl (C=O) groups excluding carboxylic acids is 2. The van der Waals surface area contributed by atoms with Gasteiger partial charge in [0.1, 0.15) is 0 Å². The van der Waals surface area contributed by atoms with Gasteiger partial charge in [0, 0.05) is 0 Å². The second-order valence-electron chi connectivity index (χ2n) is 10.2. The van der Waals surface area contributed by atoms with Gasteiger partial charge in [-0.25, -0.2) is 0 Å². The number of hydrogen-bond acceptors (Lipinski definition) is 4. The molecule has 0 heterocycles.